The van der Waals surface area contributed by atoms with Gasteiger partial charge in [0.15, 0.2) is 0 Å². The maximum Gasteiger partial charge on any atom is 0.420 e. The van der Waals surface area contributed by atoms with Crippen LogP contribution in [0.2, 0.25) is 0 Å². The molecule has 122 valence electrons. The molecule has 0 saturated carbocycles. The zero-order valence-corrected chi connectivity index (χ0v) is 11.7. The molecule has 1 saturated heterocycles. The summed E-state index contributed by atoms with van der Waals surface area (Å²) < 4.78 is 43.2. The molecule has 1 fully saturated rings. The number of carbonyl (C=O) groups is 2. The summed E-state index contributed by atoms with van der Waals surface area (Å²) in [7, 11) is 1.49. The van der Waals surface area contributed by atoms with E-state index in [9.17, 15) is 27.9 Å². The molecule has 0 aliphatic carbocycles. The molecule has 10 heteroatoms. The van der Waals surface area contributed by atoms with Gasteiger partial charge in [-0.15, -0.1) is 0 Å². The number of ether oxygens (including phenoxy) is 1. The lowest BCUT2D eigenvalue weighted by Crippen LogP contribution is -2.56. The van der Waals surface area contributed by atoms with E-state index >= 15 is 0 Å². The van der Waals surface area contributed by atoms with Crippen LogP contribution in [-0.4, -0.2) is 73.1 Å². The standard InChI is InChI=1S/C11H18F3N3O4/c1-10(11(12,13)14)8(19)17(9(20)16-10)6-7(18)5-15-3-4-21-2/h7,15,18H,3-6H2,1-2H3,(H,16,20). The largest absolute Gasteiger partial charge is 0.420 e. The summed E-state index contributed by atoms with van der Waals surface area (Å²) in [6.07, 6.45) is -6.08. The SMILES string of the molecule is COCCNCC(O)CN1C(=O)NC(C)(C(F)(F)F)C1=O. The third-order valence-electron chi connectivity index (χ3n) is 3.10. The Morgan fingerprint density at radius 2 is 2.10 bits per heavy atom. The molecule has 1 heterocycles. The number of urea groups is 1. The topological polar surface area (TPSA) is 90.9 Å². The number of hydrogen-bond acceptors (Lipinski definition) is 5. The van der Waals surface area contributed by atoms with Crippen molar-refractivity contribution in [1.29, 1.82) is 0 Å². The molecule has 3 N–H and O–H groups in total. The number of nitrogens with zero attached hydrogens (tertiary/aromatic N) is 1. The first kappa shape index (κ1) is 17.7. The molecule has 2 atom stereocenters. The second-order valence-corrected chi connectivity index (χ2v) is 4.82. The van der Waals surface area contributed by atoms with Crippen LogP contribution < -0.4 is 10.6 Å². The van der Waals surface area contributed by atoms with Crippen LogP contribution in [0, 0.1) is 0 Å². The number of β-amino-alcohol motifs (C(OH)–C–C–N with tert-alkyl or cyclic N) is 1. The van der Waals surface area contributed by atoms with Crippen LogP contribution in [-0.2, 0) is 9.53 Å². The van der Waals surface area contributed by atoms with E-state index in [2.05, 4.69) is 5.32 Å². The molecule has 21 heavy (non-hydrogen) atoms. The molecule has 2 unspecified atom stereocenters. The summed E-state index contributed by atoms with van der Waals surface area (Å²) >= 11 is 0. The first-order valence-electron chi connectivity index (χ1n) is 6.22. The number of carbonyl (C=O) groups excluding carboxylic acids is 2. The Hall–Kier alpha value is -1.39. The summed E-state index contributed by atoms with van der Waals surface area (Å²) in [4.78, 5) is 23.6. The number of imide groups is 1. The van der Waals surface area contributed by atoms with Crippen LogP contribution in [0.15, 0.2) is 0 Å². The fourth-order valence-electron chi connectivity index (χ4n) is 1.77. The number of aliphatic hydroxyl groups excluding tert-OH is 1. The Balaban J connectivity index is 2.60. The first-order valence-corrected chi connectivity index (χ1v) is 6.22. The van der Waals surface area contributed by atoms with E-state index < -0.39 is 36.3 Å². The number of methoxy groups -OCH3 is 1. The van der Waals surface area contributed by atoms with E-state index in [0.29, 0.717) is 25.0 Å². The minimum Gasteiger partial charge on any atom is -0.390 e. The molecule has 7 nitrogen and oxygen atoms in total. The summed E-state index contributed by atoms with van der Waals surface area (Å²) in [6.45, 7) is 0.909. The average molecular weight is 313 g/mol. The highest BCUT2D eigenvalue weighted by atomic mass is 19.4. The van der Waals surface area contributed by atoms with Crippen LogP contribution in [0.5, 0.6) is 0 Å². The molecule has 1 rings (SSSR count). The lowest BCUT2D eigenvalue weighted by atomic mass is 10.0. The molecular formula is C11H18F3N3O4. The molecule has 0 bridgehead atoms. The van der Waals surface area contributed by atoms with Gasteiger partial charge in [-0.25, -0.2) is 4.79 Å². The minimum absolute atomic E-state index is 0.0170. The summed E-state index contributed by atoms with van der Waals surface area (Å²) in [6, 6.07) is -1.17. The number of amides is 3. The van der Waals surface area contributed by atoms with Crippen LogP contribution in [0.1, 0.15) is 6.92 Å². The summed E-state index contributed by atoms with van der Waals surface area (Å²) in [5.41, 5.74) is -2.95. The Kier molecular flexibility index (Phi) is 5.54. The van der Waals surface area contributed by atoms with E-state index in [1.807, 2.05) is 0 Å². The second kappa shape index (κ2) is 6.58. The second-order valence-electron chi connectivity index (χ2n) is 4.82. The van der Waals surface area contributed by atoms with E-state index in [0.717, 1.165) is 0 Å². The van der Waals surface area contributed by atoms with Gasteiger partial charge in [0.2, 0.25) is 5.54 Å². The Bertz CT molecular complexity index is 405. The molecule has 0 radical (unpaired) electrons. The van der Waals surface area contributed by atoms with E-state index in [1.54, 1.807) is 5.32 Å². The smallest absolute Gasteiger partial charge is 0.390 e. The van der Waals surface area contributed by atoms with Gasteiger partial charge in [-0.05, 0) is 6.92 Å². The lowest BCUT2D eigenvalue weighted by Gasteiger charge is -2.25. The minimum atomic E-state index is -4.91. The van der Waals surface area contributed by atoms with Gasteiger partial charge in [-0.2, -0.15) is 13.2 Å². The molecule has 0 aromatic heterocycles. The fraction of sp³-hybridized carbons (Fsp3) is 0.818. The van der Waals surface area contributed by atoms with Crippen molar-refractivity contribution in [3.05, 3.63) is 0 Å². The highest BCUT2D eigenvalue weighted by Gasteiger charge is 2.64. The first-order chi connectivity index (χ1) is 9.63. The van der Waals surface area contributed by atoms with Crippen LogP contribution in [0.3, 0.4) is 0 Å². The van der Waals surface area contributed by atoms with Gasteiger partial charge < -0.3 is 20.5 Å². The van der Waals surface area contributed by atoms with Gasteiger partial charge in [0.25, 0.3) is 5.91 Å². The number of rotatable bonds is 7. The lowest BCUT2D eigenvalue weighted by molar-refractivity contribution is -0.191. The van der Waals surface area contributed by atoms with Gasteiger partial charge >= 0.3 is 12.2 Å². The third kappa shape index (κ3) is 3.83. The highest BCUT2D eigenvalue weighted by molar-refractivity contribution is 6.07. The highest BCUT2D eigenvalue weighted by Crippen LogP contribution is 2.35. The Morgan fingerprint density at radius 1 is 1.48 bits per heavy atom. The maximum atomic E-state index is 12.8. The molecular weight excluding hydrogens is 295 g/mol. The van der Waals surface area contributed by atoms with E-state index in [1.165, 1.54) is 7.11 Å². The number of aliphatic hydroxyl groups is 1. The van der Waals surface area contributed by atoms with Crippen molar-refractivity contribution in [2.24, 2.45) is 0 Å². The Labute approximate surface area is 119 Å². The number of alkyl halides is 3. The van der Waals surface area contributed by atoms with Crippen molar-refractivity contribution < 1.29 is 32.6 Å². The van der Waals surface area contributed by atoms with Gasteiger partial charge in [0.1, 0.15) is 0 Å². The Morgan fingerprint density at radius 3 is 2.57 bits per heavy atom. The van der Waals surface area contributed by atoms with Gasteiger partial charge in [-0.1, -0.05) is 0 Å². The summed E-state index contributed by atoms with van der Waals surface area (Å²) in [5, 5.41) is 14.0. The zero-order chi connectivity index (χ0) is 16.3. The van der Waals surface area contributed by atoms with Crippen molar-refractivity contribution in [3.63, 3.8) is 0 Å². The average Bonchev–Trinajstić information content (AvgIpc) is 2.59. The number of halogens is 3. The van der Waals surface area contributed by atoms with Crippen molar-refractivity contribution >= 4 is 11.9 Å². The summed E-state index contributed by atoms with van der Waals surface area (Å²) in [5.74, 6) is -1.42. The molecule has 1 aliphatic heterocycles. The van der Waals surface area contributed by atoms with Crippen LogP contribution in [0.25, 0.3) is 0 Å². The van der Waals surface area contributed by atoms with E-state index in [4.69, 9.17) is 4.74 Å². The predicted octanol–water partition coefficient (Wildman–Crippen LogP) is -0.544. The van der Waals surface area contributed by atoms with Crippen molar-refractivity contribution in [1.82, 2.24) is 15.5 Å². The molecule has 1 aliphatic rings. The van der Waals surface area contributed by atoms with Gasteiger partial charge in [0, 0.05) is 20.2 Å². The molecule has 0 spiro atoms. The van der Waals surface area contributed by atoms with Gasteiger partial charge in [0.05, 0.1) is 19.3 Å². The van der Waals surface area contributed by atoms with Crippen molar-refractivity contribution in [2.75, 3.05) is 33.4 Å². The van der Waals surface area contributed by atoms with Crippen molar-refractivity contribution in [3.8, 4) is 0 Å². The normalized spacial score (nSPS) is 24.4. The quantitative estimate of drug-likeness (QED) is 0.434. The number of hydrogen-bond donors (Lipinski definition) is 3. The number of nitrogens with one attached hydrogen (secondary N) is 2. The molecule has 0 aromatic rings. The maximum absolute atomic E-state index is 12.8. The fourth-order valence-corrected chi connectivity index (χ4v) is 1.77. The monoisotopic (exact) mass is 313 g/mol. The van der Waals surface area contributed by atoms with E-state index in [-0.39, 0.29) is 6.54 Å². The van der Waals surface area contributed by atoms with Gasteiger partial charge in [-0.3, -0.25) is 9.69 Å². The third-order valence-corrected chi connectivity index (χ3v) is 3.10. The zero-order valence-electron chi connectivity index (χ0n) is 11.7. The van der Waals surface area contributed by atoms with Crippen molar-refractivity contribution in [2.45, 2.75) is 24.7 Å². The molecule has 3 amide bonds. The van der Waals surface area contributed by atoms with Crippen LogP contribution >= 0.6 is 0 Å². The molecule has 0 aromatic carbocycles. The predicted molar refractivity (Wildman–Crippen MR) is 65.5 cm³/mol. The van der Waals surface area contributed by atoms with Crippen LogP contribution in [0.4, 0.5) is 18.0 Å².